The van der Waals surface area contributed by atoms with Crippen LogP contribution in [0.5, 0.6) is 5.75 Å². The molecule has 0 saturated heterocycles. The van der Waals surface area contributed by atoms with Gasteiger partial charge in [-0.3, -0.25) is 19.8 Å². The predicted molar refractivity (Wildman–Crippen MR) is 160 cm³/mol. The van der Waals surface area contributed by atoms with E-state index in [4.69, 9.17) is 25.4 Å². The lowest BCUT2D eigenvalue weighted by Crippen LogP contribution is -2.44. The topological polar surface area (TPSA) is 149 Å². The van der Waals surface area contributed by atoms with Crippen LogP contribution in [0.4, 0.5) is 0 Å². The van der Waals surface area contributed by atoms with Crippen molar-refractivity contribution in [2.45, 2.75) is 59.9 Å². The molecule has 0 aliphatic rings. The van der Waals surface area contributed by atoms with Gasteiger partial charge in [0.2, 0.25) is 5.91 Å². The monoisotopic (exact) mass is 579 g/mol. The Kier molecular flexibility index (Phi) is 13.4. The number of benzene rings is 2. The van der Waals surface area contributed by atoms with Crippen molar-refractivity contribution < 1.29 is 33.4 Å². The molecule has 3 N–H and O–H groups in total. The van der Waals surface area contributed by atoms with Gasteiger partial charge in [-0.05, 0) is 81.1 Å². The third-order valence-electron chi connectivity index (χ3n) is 6.31. The predicted octanol–water partition coefficient (Wildman–Crippen LogP) is 4.74. The van der Waals surface area contributed by atoms with Crippen molar-refractivity contribution in [1.29, 1.82) is 5.41 Å². The number of hydrogen-bond acceptors (Lipinski definition) is 8. The molecule has 0 fully saturated rings. The summed E-state index contributed by atoms with van der Waals surface area (Å²) in [6, 6.07) is 12.2. The number of esters is 3. The zero-order chi connectivity index (χ0) is 31.2. The molecule has 10 heteroatoms. The third-order valence-corrected chi connectivity index (χ3v) is 6.31. The van der Waals surface area contributed by atoms with Crippen LogP contribution in [0.25, 0.3) is 6.08 Å². The van der Waals surface area contributed by atoms with Crippen molar-refractivity contribution in [1.82, 2.24) is 4.90 Å². The molecular formula is C32H41N3O7. The van der Waals surface area contributed by atoms with E-state index in [0.29, 0.717) is 41.0 Å². The average Bonchev–Trinajstić information content (AvgIpc) is 2.93. The molecule has 0 bridgehead atoms. The van der Waals surface area contributed by atoms with E-state index < -0.39 is 23.9 Å². The minimum absolute atomic E-state index is 0.0816. The van der Waals surface area contributed by atoms with Crippen molar-refractivity contribution >= 4 is 35.7 Å². The number of nitrogens with two attached hydrogens (primary N) is 1. The van der Waals surface area contributed by atoms with Crippen molar-refractivity contribution in [3.05, 3.63) is 70.8 Å². The van der Waals surface area contributed by atoms with Crippen molar-refractivity contribution in [3.63, 3.8) is 0 Å². The third kappa shape index (κ3) is 10.8. The fraction of sp³-hybridized carbons (Fsp3) is 0.406. The van der Waals surface area contributed by atoms with Crippen LogP contribution < -0.4 is 10.5 Å². The summed E-state index contributed by atoms with van der Waals surface area (Å²) >= 11 is 0. The van der Waals surface area contributed by atoms with Gasteiger partial charge in [-0.1, -0.05) is 26.0 Å². The number of rotatable bonds is 15. The lowest BCUT2D eigenvalue weighted by molar-refractivity contribution is -0.148. The van der Waals surface area contributed by atoms with Gasteiger partial charge in [0.1, 0.15) is 11.6 Å². The van der Waals surface area contributed by atoms with Gasteiger partial charge in [-0.2, -0.15) is 0 Å². The van der Waals surface area contributed by atoms with Gasteiger partial charge in [0.15, 0.2) is 0 Å². The molecule has 42 heavy (non-hydrogen) atoms. The molecule has 0 aromatic heterocycles. The number of amides is 1. The summed E-state index contributed by atoms with van der Waals surface area (Å²) in [4.78, 5) is 52.6. The molecule has 0 unspecified atom stereocenters. The Morgan fingerprint density at radius 1 is 0.881 bits per heavy atom. The maximum absolute atomic E-state index is 13.7. The van der Waals surface area contributed by atoms with E-state index in [1.807, 2.05) is 13.8 Å². The molecule has 0 saturated carbocycles. The molecule has 0 spiro atoms. The number of ether oxygens (including phenoxy) is 3. The van der Waals surface area contributed by atoms with E-state index in [1.54, 1.807) is 80.3 Å². The highest BCUT2D eigenvalue weighted by Crippen LogP contribution is 2.20. The maximum atomic E-state index is 13.7. The normalized spacial score (nSPS) is 11.3. The molecule has 1 amide bonds. The second-order valence-electron chi connectivity index (χ2n) is 10.1. The first kappa shape index (κ1) is 33.7. The van der Waals surface area contributed by atoms with E-state index in [1.165, 1.54) is 0 Å². The molecule has 2 rings (SSSR count). The van der Waals surface area contributed by atoms with E-state index in [9.17, 15) is 19.2 Å². The number of nitrogens with zero attached hydrogens (tertiary/aromatic N) is 1. The minimum atomic E-state index is -0.723. The Morgan fingerprint density at radius 2 is 1.40 bits per heavy atom. The molecule has 0 aliphatic carbocycles. The van der Waals surface area contributed by atoms with Gasteiger partial charge in [-0.15, -0.1) is 0 Å². The van der Waals surface area contributed by atoms with Crippen LogP contribution in [0, 0.1) is 11.3 Å². The molecule has 2 aromatic rings. The zero-order valence-electron chi connectivity index (χ0n) is 25.0. The van der Waals surface area contributed by atoms with Gasteiger partial charge < -0.3 is 24.8 Å². The summed E-state index contributed by atoms with van der Waals surface area (Å²) in [5.74, 6) is -1.34. The zero-order valence-corrected chi connectivity index (χ0v) is 25.0. The number of nitrogens with one attached hydrogen (secondary N) is 1. The van der Waals surface area contributed by atoms with Crippen molar-refractivity contribution in [2.24, 2.45) is 11.7 Å². The fourth-order valence-corrected chi connectivity index (χ4v) is 4.09. The number of nitrogen functional groups attached to an aromatic ring is 1. The summed E-state index contributed by atoms with van der Waals surface area (Å²) < 4.78 is 15.6. The number of hydrogen-bond donors (Lipinski definition) is 2. The second kappa shape index (κ2) is 16.7. The van der Waals surface area contributed by atoms with Gasteiger partial charge in [0.25, 0.3) is 0 Å². The summed E-state index contributed by atoms with van der Waals surface area (Å²) in [7, 11) is 0. The van der Waals surface area contributed by atoms with Crippen molar-refractivity contribution in [3.8, 4) is 5.75 Å². The largest absolute Gasteiger partial charge is 0.466 e. The van der Waals surface area contributed by atoms with Gasteiger partial charge in [0, 0.05) is 17.7 Å². The summed E-state index contributed by atoms with van der Waals surface area (Å²) in [6.45, 7) is 9.87. The molecule has 226 valence electrons. The fourth-order valence-electron chi connectivity index (χ4n) is 4.09. The summed E-state index contributed by atoms with van der Waals surface area (Å²) in [5.41, 5.74) is 7.37. The number of amidine groups is 1. The van der Waals surface area contributed by atoms with Crippen LogP contribution in [-0.2, 0) is 23.9 Å². The molecule has 0 heterocycles. The molecule has 2 aromatic carbocycles. The van der Waals surface area contributed by atoms with Crippen LogP contribution in [0.15, 0.2) is 54.1 Å². The molecular weight excluding hydrogens is 538 g/mol. The van der Waals surface area contributed by atoms with Crippen molar-refractivity contribution in [2.75, 3.05) is 19.8 Å². The first-order valence-corrected chi connectivity index (χ1v) is 14.0. The van der Waals surface area contributed by atoms with Crippen LogP contribution in [-0.4, -0.2) is 60.4 Å². The highest BCUT2D eigenvalue weighted by Gasteiger charge is 2.30. The van der Waals surface area contributed by atoms with E-state index >= 15 is 0 Å². The van der Waals surface area contributed by atoms with Crippen LogP contribution in [0.3, 0.4) is 0 Å². The molecule has 0 aliphatic heterocycles. The van der Waals surface area contributed by atoms with Gasteiger partial charge in [0.05, 0.1) is 37.7 Å². The molecule has 0 atom stereocenters. The van der Waals surface area contributed by atoms with E-state index in [2.05, 4.69) is 0 Å². The van der Waals surface area contributed by atoms with Gasteiger partial charge >= 0.3 is 17.9 Å². The Balaban J connectivity index is 2.24. The lowest BCUT2D eigenvalue weighted by Gasteiger charge is -2.32. The minimum Gasteiger partial charge on any atom is -0.466 e. The Labute approximate surface area is 247 Å². The average molecular weight is 580 g/mol. The second-order valence-corrected chi connectivity index (χ2v) is 10.1. The van der Waals surface area contributed by atoms with Crippen LogP contribution >= 0.6 is 0 Å². The smallest absolute Gasteiger partial charge is 0.343 e. The van der Waals surface area contributed by atoms with E-state index in [0.717, 1.165) is 0 Å². The molecule has 0 radical (unpaired) electrons. The summed E-state index contributed by atoms with van der Waals surface area (Å²) in [5, 5.41) is 7.45. The first-order valence-electron chi connectivity index (χ1n) is 14.0. The Hall–Kier alpha value is -4.47. The SMILES string of the molecule is CCOC(=O)CC(CC(=O)OCC)N(CCC(C)C)C(=O)/C(C)=C/c1ccc(C(=O)Oc2ccc(C(=N)N)cc2)cc1. The van der Waals surface area contributed by atoms with Crippen LogP contribution in [0.1, 0.15) is 75.4 Å². The Bertz CT molecular complexity index is 1250. The quantitative estimate of drug-likeness (QED) is 0.101. The Morgan fingerprint density at radius 3 is 1.88 bits per heavy atom. The van der Waals surface area contributed by atoms with Gasteiger partial charge in [-0.25, -0.2) is 4.79 Å². The highest BCUT2D eigenvalue weighted by atomic mass is 16.5. The first-order chi connectivity index (χ1) is 19.9. The van der Waals surface area contributed by atoms with E-state index in [-0.39, 0.29) is 43.7 Å². The number of carbonyl (C=O) groups excluding carboxylic acids is 4. The maximum Gasteiger partial charge on any atom is 0.343 e. The highest BCUT2D eigenvalue weighted by molar-refractivity contribution is 5.98. The summed E-state index contributed by atoms with van der Waals surface area (Å²) in [6.07, 6.45) is 2.11. The standard InChI is InChI=1S/C32H41N3O7/c1-6-40-28(36)19-26(20-29(37)41-7-2)35(17-16-21(3)4)31(38)22(5)18-23-8-10-25(11-9-23)32(39)42-27-14-12-24(13-15-27)30(33)34/h8-15,18,21,26H,6-7,16-17,19-20H2,1-5H3,(H3,33,34)/b22-18+. The lowest BCUT2D eigenvalue weighted by atomic mass is 10.0. The van der Waals surface area contributed by atoms with Crippen LogP contribution in [0.2, 0.25) is 0 Å². The number of carbonyl (C=O) groups is 4. The molecule has 10 nitrogen and oxygen atoms in total.